The lowest BCUT2D eigenvalue weighted by atomic mass is 9.92. The van der Waals surface area contributed by atoms with Gasteiger partial charge in [-0.1, -0.05) is 13.3 Å². The lowest BCUT2D eigenvalue weighted by Gasteiger charge is -2.36. The summed E-state index contributed by atoms with van der Waals surface area (Å²) in [7, 11) is 0. The van der Waals surface area contributed by atoms with E-state index in [0.29, 0.717) is 11.9 Å². The van der Waals surface area contributed by atoms with E-state index in [2.05, 4.69) is 17.1 Å². The molecule has 2 rings (SSSR count). The zero-order chi connectivity index (χ0) is 13.5. The highest BCUT2D eigenvalue weighted by atomic mass is 16.2. The number of hydrogen-bond donors (Lipinski definition) is 1. The van der Waals surface area contributed by atoms with Crippen LogP contribution in [0.4, 0.5) is 0 Å². The van der Waals surface area contributed by atoms with Crippen LogP contribution in [-0.4, -0.2) is 36.5 Å². The van der Waals surface area contributed by atoms with Crippen molar-refractivity contribution >= 4 is 5.91 Å². The molecular weight excluding hydrogens is 236 g/mol. The van der Waals surface area contributed by atoms with Crippen LogP contribution in [0.25, 0.3) is 0 Å². The van der Waals surface area contributed by atoms with Crippen molar-refractivity contribution in [1.82, 2.24) is 10.2 Å². The van der Waals surface area contributed by atoms with Crippen molar-refractivity contribution in [3.63, 3.8) is 0 Å². The van der Waals surface area contributed by atoms with Crippen molar-refractivity contribution in [2.24, 2.45) is 5.92 Å². The molecule has 1 N–H and O–H groups in total. The maximum absolute atomic E-state index is 12.4. The molecule has 110 valence electrons. The molecule has 2 fully saturated rings. The molecule has 2 saturated heterocycles. The standard InChI is InChI=1S/C16H30N2O/c1-2-5-15-6-3-4-13-18(15)16(19)8-7-14-9-11-17-12-10-14/h14-15,17H,2-13H2,1H3. The van der Waals surface area contributed by atoms with Gasteiger partial charge in [0.1, 0.15) is 0 Å². The molecular formula is C16H30N2O. The molecule has 0 bridgehead atoms. The summed E-state index contributed by atoms with van der Waals surface area (Å²) in [6.45, 7) is 5.52. The Morgan fingerprint density at radius 2 is 1.95 bits per heavy atom. The molecule has 3 nitrogen and oxygen atoms in total. The monoisotopic (exact) mass is 266 g/mol. The highest BCUT2D eigenvalue weighted by Crippen LogP contribution is 2.24. The second kappa shape index (κ2) is 7.88. The highest BCUT2D eigenvalue weighted by Gasteiger charge is 2.26. The summed E-state index contributed by atoms with van der Waals surface area (Å²) in [5, 5.41) is 3.39. The van der Waals surface area contributed by atoms with Crippen LogP contribution in [0.2, 0.25) is 0 Å². The Bertz CT molecular complexity index is 272. The molecule has 0 aromatic heterocycles. The normalized spacial score (nSPS) is 25.5. The number of carbonyl (C=O) groups excluding carboxylic acids is 1. The first kappa shape index (κ1) is 14.8. The summed E-state index contributed by atoms with van der Waals surface area (Å²) in [4.78, 5) is 14.6. The molecule has 0 radical (unpaired) electrons. The Labute approximate surface area is 118 Å². The minimum Gasteiger partial charge on any atom is -0.340 e. The van der Waals surface area contributed by atoms with E-state index in [1.54, 1.807) is 0 Å². The van der Waals surface area contributed by atoms with Crippen LogP contribution in [0.15, 0.2) is 0 Å². The number of piperidine rings is 2. The smallest absolute Gasteiger partial charge is 0.222 e. The zero-order valence-electron chi connectivity index (χ0n) is 12.5. The quantitative estimate of drug-likeness (QED) is 0.830. The average Bonchev–Trinajstić information content (AvgIpc) is 2.47. The number of likely N-dealkylation sites (tertiary alicyclic amines) is 1. The van der Waals surface area contributed by atoms with Crippen LogP contribution in [0.1, 0.15) is 64.7 Å². The Kier molecular flexibility index (Phi) is 6.15. The molecule has 19 heavy (non-hydrogen) atoms. The Hall–Kier alpha value is -0.570. The van der Waals surface area contributed by atoms with Gasteiger partial charge in [-0.15, -0.1) is 0 Å². The van der Waals surface area contributed by atoms with E-state index in [0.717, 1.165) is 38.4 Å². The number of amides is 1. The first-order chi connectivity index (χ1) is 9.31. The molecule has 0 aromatic rings. The summed E-state index contributed by atoms with van der Waals surface area (Å²) < 4.78 is 0. The van der Waals surface area contributed by atoms with Crippen LogP contribution in [0.5, 0.6) is 0 Å². The number of nitrogens with zero attached hydrogens (tertiary/aromatic N) is 1. The summed E-state index contributed by atoms with van der Waals surface area (Å²) in [6.07, 6.45) is 10.5. The number of hydrogen-bond acceptors (Lipinski definition) is 2. The van der Waals surface area contributed by atoms with Gasteiger partial charge in [-0.25, -0.2) is 0 Å². The van der Waals surface area contributed by atoms with Gasteiger partial charge in [0.15, 0.2) is 0 Å². The van der Waals surface area contributed by atoms with Crippen molar-refractivity contribution in [1.29, 1.82) is 0 Å². The minimum atomic E-state index is 0.427. The van der Waals surface area contributed by atoms with Gasteiger partial charge in [0.05, 0.1) is 0 Å². The molecule has 2 aliphatic heterocycles. The third kappa shape index (κ3) is 4.48. The fraction of sp³-hybridized carbons (Fsp3) is 0.938. The Balaban J connectivity index is 1.76. The van der Waals surface area contributed by atoms with E-state index in [-0.39, 0.29) is 0 Å². The molecule has 1 amide bonds. The summed E-state index contributed by atoms with van der Waals surface area (Å²) in [5.74, 6) is 1.20. The van der Waals surface area contributed by atoms with Crippen molar-refractivity contribution in [3.05, 3.63) is 0 Å². The second-order valence-electron chi connectivity index (χ2n) is 6.26. The summed E-state index contributed by atoms with van der Waals surface area (Å²) >= 11 is 0. The molecule has 0 aliphatic carbocycles. The van der Waals surface area contributed by atoms with E-state index in [4.69, 9.17) is 0 Å². The summed E-state index contributed by atoms with van der Waals surface area (Å²) in [5.41, 5.74) is 0. The van der Waals surface area contributed by atoms with E-state index in [9.17, 15) is 4.79 Å². The highest BCUT2D eigenvalue weighted by molar-refractivity contribution is 5.76. The molecule has 2 heterocycles. The Morgan fingerprint density at radius 3 is 2.68 bits per heavy atom. The number of carbonyl (C=O) groups is 1. The Morgan fingerprint density at radius 1 is 1.16 bits per heavy atom. The summed E-state index contributed by atoms with van der Waals surface area (Å²) in [6, 6.07) is 0.541. The lowest BCUT2D eigenvalue weighted by molar-refractivity contribution is -0.135. The van der Waals surface area contributed by atoms with Gasteiger partial charge in [-0.05, 0) is 64.0 Å². The van der Waals surface area contributed by atoms with Crippen LogP contribution >= 0.6 is 0 Å². The van der Waals surface area contributed by atoms with E-state index >= 15 is 0 Å². The fourth-order valence-corrected chi connectivity index (χ4v) is 3.60. The average molecular weight is 266 g/mol. The minimum absolute atomic E-state index is 0.427. The first-order valence-electron chi connectivity index (χ1n) is 8.31. The largest absolute Gasteiger partial charge is 0.340 e. The van der Waals surface area contributed by atoms with Crippen LogP contribution in [0.3, 0.4) is 0 Å². The van der Waals surface area contributed by atoms with Crippen molar-refractivity contribution in [3.8, 4) is 0 Å². The van der Waals surface area contributed by atoms with Gasteiger partial charge in [-0.2, -0.15) is 0 Å². The molecule has 1 atom stereocenters. The van der Waals surface area contributed by atoms with Gasteiger partial charge in [0.2, 0.25) is 5.91 Å². The lowest BCUT2D eigenvalue weighted by Crippen LogP contribution is -2.43. The number of nitrogens with one attached hydrogen (secondary N) is 1. The van der Waals surface area contributed by atoms with Gasteiger partial charge < -0.3 is 10.2 Å². The van der Waals surface area contributed by atoms with E-state index in [1.807, 2.05) is 0 Å². The van der Waals surface area contributed by atoms with Crippen LogP contribution < -0.4 is 5.32 Å². The topological polar surface area (TPSA) is 32.3 Å². The van der Waals surface area contributed by atoms with Crippen molar-refractivity contribution in [2.45, 2.75) is 70.8 Å². The van der Waals surface area contributed by atoms with E-state index in [1.165, 1.54) is 44.9 Å². The predicted octanol–water partition coefficient (Wildman–Crippen LogP) is 2.95. The fourth-order valence-electron chi connectivity index (χ4n) is 3.60. The first-order valence-corrected chi connectivity index (χ1v) is 8.31. The predicted molar refractivity (Wildman–Crippen MR) is 79.1 cm³/mol. The molecule has 0 spiro atoms. The zero-order valence-corrected chi connectivity index (χ0v) is 12.5. The molecule has 0 saturated carbocycles. The van der Waals surface area contributed by atoms with Crippen molar-refractivity contribution in [2.75, 3.05) is 19.6 Å². The van der Waals surface area contributed by atoms with Crippen molar-refractivity contribution < 1.29 is 4.79 Å². The van der Waals surface area contributed by atoms with Gasteiger partial charge in [0.25, 0.3) is 0 Å². The third-order valence-corrected chi connectivity index (χ3v) is 4.79. The van der Waals surface area contributed by atoms with Gasteiger partial charge in [0, 0.05) is 19.0 Å². The van der Waals surface area contributed by atoms with Gasteiger partial charge >= 0.3 is 0 Å². The SMILES string of the molecule is CCCC1CCCCN1C(=O)CCC1CCNCC1. The van der Waals surface area contributed by atoms with Crippen LogP contribution in [0, 0.1) is 5.92 Å². The molecule has 1 unspecified atom stereocenters. The number of rotatable bonds is 5. The maximum atomic E-state index is 12.4. The molecule has 3 heteroatoms. The second-order valence-corrected chi connectivity index (χ2v) is 6.26. The molecule has 0 aromatic carbocycles. The van der Waals surface area contributed by atoms with E-state index < -0.39 is 0 Å². The third-order valence-electron chi connectivity index (χ3n) is 4.79. The molecule has 2 aliphatic rings. The van der Waals surface area contributed by atoms with Gasteiger partial charge in [-0.3, -0.25) is 4.79 Å². The van der Waals surface area contributed by atoms with Crippen LogP contribution in [-0.2, 0) is 4.79 Å². The maximum Gasteiger partial charge on any atom is 0.222 e.